The molecular weight excluding hydrogens is 333 g/mol. The summed E-state index contributed by atoms with van der Waals surface area (Å²) in [6.07, 6.45) is 3.75. The maximum atomic E-state index is 11.7. The van der Waals surface area contributed by atoms with Gasteiger partial charge in [0.25, 0.3) is 0 Å². The fraction of sp³-hybridized carbons (Fsp3) is 0.833. The number of carbonyl (C=O) groups is 2. The fourth-order valence-corrected chi connectivity index (χ4v) is 1.89. The van der Waals surface area contributed by atoms with Crippen molar-refractivity contribution in [3.05, 3.63) is 0 Å². The van der Waals surface area contributed by atoms with Gasteiger partial charge in [-0.2, -0.15) is 0 Å². The van der Waals surface area contributed by atoms with Crippen molar-refractivity contribution < 1.29 is 14.3 Å². The molecular formula is C12H20INO3. The first-order chi connectivity index (χ1) is 7.94. The molecule has 1 rings (SSSR count). The molecule has 1 unspecified atom stereocenters. The molecule has 4 nitrogen and oxygen atoms in total. The molecule has 1 aliphatic heterocycles. The SMILES string of the molecule is CC(=O)C(C)(I)C(=O)OCCN1CCCCC1. The lowest BCUT2D eigenvalue weighted by molar-refractivity contribution is -0.148. The number of hydrogen-bond donors (Lipinski definition) is 0. The Kier molecular flexibility index (Phi) is 5.85. The minimum atomic E-state index is -1.04. The van der Waals surface area contributed by atoms with E-state index in [0.29, 0.717) is 6.61 Å². The zero-order chi connectivity index (χ0) is 12.9. The molecule has 0 saturated carbocycles. The second kappa shape index (κ2) is 6.68. The van der Waals surface area contributed by atoms with Crippen molar-refractivity contribution in [1.29, 1.82) is 0 Å². The molecule has 0 radical (unpaired) electrons. The van der Waals surface area contributed by atoms with E-state index in [9.17, 15) is 9.59 Å². The number of ketones is 1. The molecule has 0 aromatic rings. The molecule has 0 aromatic carbocycles. The van der Waals surface area contributed by atoms with E-state index in [1.807, 2.05) is 22.6 Å². The Morgan fingerprint density at radius 2 is 1.88 bits per heavy atom. The highest BCUT2D eigenvalue weighted by molar-refractivity contribution is 14.1. The van der Waals surface area contributed by atoms with E-state index in [-0.39, 0.29) is 5.78 Å². The van der Waals surface area contributed by atoms with Crippen LogP contribution >= 0.6 is 22.6 Å². The summed E-state index contributed by atoms with van der Waals surface area (Å²) in [6, 6.07) is 0. The van der Waals surface area contributed by atoms with E-state index in [1.54, 1.807) is 6.92 Å². The van der Waals surface area contributed by atoms with Crippen LogP contribution in [0.2, 0.25) is 0 Å². The number of carbonyl (C=O) groups excluding carboxylic acids is 2. The van der Waals surface area contributed by atoms with Gasteiger partial charge >= 0.3 is 5.97 Å². The van der Waals surface area contributed by atoms with Gasteiger partial charge in [0, 0.05) is 6.54 Å². The third-order valence-electron chi connectivity index (χ3n) is 3.13. The Balaban J connectivity index is 2.26. The van der Waals surface area contributed by atoms with E-state index < -0.39 is 9.39 Å². The minimum absolute atomic E-state index is 0.166. The topological polar surface area (TPSA) is 46.6 Å². The summed E-state index contributed by atoms with van der Waals surface area (Å²) in [7, 11) is 0. The number of piperidine rings is 1. The summed E-state index contributed by atoms with van der Waals surface area (Å²) in [6.45, 7) is 6.34. The molecule has 1 saturated heterocycles. The summed E-state index contributed by atoms with van der Waals surface area (Å²) in [5, 5.41) is 0. The number of esters is 1. The average Bonchev–Trinajstić information content (AvgIpc) is 2.30. The average molecular weight is 353 g/mol. The van der Waals surface area contributed by atoms with Crippen LogP contribution in [0, 0.1) is 0 Å². The Hall–Kier alpha value is -0.170. The van der Waals surface area contributed by atoms with Crippen LogP contribution in [0.5, 0.6) is 0 Å². The lowest BCUT2D eigenvalue weighted by atomic mass is 10.1. The molecule has 1 heterocycles. The number of alkyl halides is 1. The van der Waals surface area contributed by atoms with Crippen LogP contribution in [0.1, 0.15) is 33.1 Å². The third kappa shape index (κ3) is 4.54. The molecule has 1 fully saturated rings. The molecule has 0 aromatic heterocycles. The molecule has 98 valence electrons. The van der Waals surface area contributed by atoms with E-state index in [0.717, 1.165) is 19.6 Å². The molecule has 0 bridgehead atoms. The highest BCUT2D eigenvalue weighted by atomic mass is 127. The molecule has 0 amide bonds. The second-order valence-electron chi connectivity index (χ2n) is 4.60. The molecule has 17 heavy (non-hydrogen) atoms. The minimum Gasteiger partial charge on any atom is -0.463 e. The number of hydrogen-bond acceptors (Lipinski definition) is 4. The number of rotatable bonds is 5. The smallest absolute Gasteiger partial charge is 0.329 e. The van der Waals surface area contributed by atoms with Gasteiger partial charge in [-0.1, -0.05) is 29.0 Å². The Bertz CT molecular complexity index is 285. The van der Waals surface area contributed by atoms with Gasteiger partial charge in [-0.3, -0.25) is 14.5 Å². The monoisotopic (exact) mass is 353 g/mol. The quantitative estimate of drug-likeness (QED) is 0.327. The first-order valence-electron chi connectivity index (χ1n) is 6.04. The van der Waals surface area contributed by atoms with E-state index in [1.165, 1.54) is 26.2 Å². The van der Waals surface area contributed by atoms with Crippen molar-refractivity contribution >= 4 is 34.3 Å². The van der Waals surface area contributed by atoms with Crippen molar-refractivity contribution in [2.24, 2.45) is 0 Å². The van der Waals surface area contributed by atoms with Crippen molar-refractivity contribution in [1.82, 2.24) is 4.90 Å². The van der Waals surface area contributed by atoms with Crippen LogP contribution in [0.15, 0.2) is 0 Å². The first kappa shape index (κ1) is 14.9. The van der Waals surface area contributed by atoms with E-state index >= 15 is 0 Å². The van der Waals surface area contributed by atoms with Gasteiger partial charge in [-0.15, -0.1) is 0 Å². The lowest BCUT2D eigenvalue weighted by Gasteiger charge is -2.26. The summed E-state index contributed by atoms with van der Waals surface area (Å²) in [4.78, 5) is 25.2. The Morgan fingerprint density at radius 1 is 1.29 bits per heavy atom. The van der Waals surface area contributed by atoms with E-state index in [4.69, 9.17) is 4.74 Å². The summed E-state index contributed by atoms with van der Waals surface area (Å²) in [5.74, 6) is -0.594. The van der Waals surface area contributed by atoms with Gasteiger partial charge in [0.05, 0.1) is 0 Å². The zero-order valence-corrected chi connectivity index (χ0v) is 12.7. The number of ether oxygens (including phenoxy) is 1. The lowest BCUT2D eigenvalue weighted by Crippen LogP contribution is -2.39. The van der Waals surface area contributed by atoms with Gasteiger partial charge in [-0.25, -0.2) is 0 Å². The molecule has 5 heteroatoms. The summed E-state index contributed by atoms with van der Waals surface area (Å²) < 4.78 is 4.12. The predicted octanol–water partition coefficient (Wildman–Crippen LogP) is 1.80. The van der Waals surface area contributed by atoms with Gasteiger partial charge < -0.3 is 4.74 Å². The van der Waals surface area contributed by atoms with Crippen molar-refractivity contribution in [3.8, 4) is 0 Å². The number of Topliss-reactive ketones (excluding diaryl/α,β-unsaturated/α-hetero) is 1. The molecule has 0 N–H and O–H groups in total. The molecule has 0 aliphatic carbocycles. The Labute approximate surface area is 116 Å². The number of nitrogens with zero attached hydrogens (tertiary/aromatic N) is 1. The largest absolute Gasteiger partial charge is 0.463 e. The highest BCUT2D eigenvalue weighted by Crippen LogP contribution is 2.21. The molecule has 1 atom stereocenters. The fourth-order valence-electron chi connectivity index (χ4n) is 1.73. The highest BCUT2D eigenvalue weighted by Gasteiger charge is 2.36. The van der Waals surface area contributed by atoms with Gasteiger partial charge in [0.15, 0.2) is 9.20 Å². The number of halogens is 1. The van der Waals surface area contributed by atoms with Gasteiger partial charge in [0.1, 0.15) is 6.61 Å². The summed E-state index contributed by atoms with van der Waals surface area (Å²) >= 11 is 1.85. The third-order valence-corrected chi connectivity index (χ3v) is 4.33. The van der Waals surface area contributed by atoms with Crippen LogP contribution in [-0.2, 0) is 14.3 Å². The van der Waals surface area contributed by atoms with Crippen molar-refractivity contribution in [2.75, 3.05) is 26.2 Å². The normalized spacial score (nSPS) is 20.6. The maximum absolute atomic E-state index is 11.7. The summed E-state index contributed by atoms with van der Waals surface area (Å²) in [5.41, 5.74) is 0. The maximum Gasteiger partial charge on any atom is 0.329 e. The van der Waals surface area contributed by atoms with Crippen LogP contribution in [0.3, 0.4) is 0 Å². The van der Waals surface area contributed by atoms with Gasteiger partial charge in [-0.05, 0) is 39.8 Å². The van der Waals surface area contributed by atoms with Crippen LogP contribution < -0.4 is 0 Å². The van der Waals surface area contributed by atoms with Crippen LogP contribution in [-0.4, -0.2) is 46.3 Å². The van der Waals surface area contributed by atoms with Crippen LogP contribution in [0.25, 0.3) is 0 Å². The standard InChI is InChI=1S/C12H20INO3/c1-10(15)12(2,13)11(16)17-9-8-14-6-4-3-5-7-14/h3-9H2,1-2H3. The first-order valence-corrected chi connectivity index (χ1v) is 7.12. The molecule has 0 spiro atoms. The van der Waals surface area contributed by atoms with Crippen LogP contribution in [0.4, 0.5) is 0 Å². The second-order valence-corrected chi connectivity index (χ2v) is 6.75. The van der Waals surface area contributed by atoms with E-state index in [2.05, 4.69) is 4.90 Å². The van der Waals surface area contributed by atoms with Gasteiger partial charge in [0.2, 0.25) is 0 Å². The van der Waals surface area contributed by atoms with Crippen molar-refractivity contribution in [2.45, 2.75) is 36.5 Å². The number of likely N-dealkylation sites (tertiary alicyclic amines) is 1. The van der Waals surface area contributed by atoms with Crippen molar-refractivity contribution in [3.63, 3.8) is 0 Å². The molecule has 1 aliphatic rings. The Morgan fingerprint density at radius 3 is 2.41 bits per heavy atom. The zero-order valence-electron chi connectivity index (χ0n) is 10.5. The predicted molar refractivity (Wildman–Crippen MR) is 74.4 cm³/mol.